The van der Waals surface area contributed by atoms with E-state index in [4.69, 9.17) is 0 Å². The van der Waals surface area contributed by atoms with E-state index in [1.165, 1.54) is 12.3 Å². The van der Waals surface area contributed by atoms with E-state index < -0.39 is 11.6 Å². The van der Waals surface area contributed by atoms with Crippen LogP contribution >= 0.6 is 0 Å². The summed E-state index contributed by atoms with van der Waals surface area (Å²) in [6.07, 6.45) is 1.46. The van der Waals surface area contributed by atoms with Crippen molar-refractivity contribution in [2.24, 2.45) is 4.99 Å². The topological polar surface area (TPSA) is 12.4 Å². The second-order valence-electron chi connectivity index (χ2n) is 2.06. The van der Waals surface area contributed by atoms with E-state index in [1.54, 1.807) is 7.05 Å². The van der Waals surface area contributed by atoms with Crippen LogP contribution in [-0.4, -0.2) is 13.3 Å². The number of benzene rings is 1. The molecule has 1 aromatic carbocycles. The Morgan fingerprint density at radius 2 is 2.00 bits per heavy atom. The summed E-state index contributed by atoms with van der Waals surface area (Å²) in [5.41, 5.74) is 0.561. The summed E-state index contributed by atoms with van der Waals surface area (Å²) >= 11 is 0. The number of nitrogens with zero attached hydrogens (tertiary/aromatic N) is 1. The molecule has 0 saturated carbocycles. The quantitative estimate of drug-likeness (QED) is 0.550. The highest BCUT2D eigenvalue weighted by Crippen LogP contribution is 2.06. The van der Waals surface area contributed by atoms with Gasteiger partial charge in [0.1, 0.15) is 0 Å². The molecule has 0 N–H and O–H groups in total. The van der Waals surface area contributed by atoms with Gasteiger partial charge in [0.2, 0.25) is 0 Å². The highest BCUT2D eigenvalue weighted by atomic mass is 19.2. The second-order valence-corrected chi connectivity index (χ2v) is 2.06. The first-order valence-corrected chi connectivity index (χ1v) is 3.11. The normalized spacial score (nSPS) is 10.8. The van der Waals surface area contributed by atoms with Crippen LogP contribution in [0.3, 0.4) is 0 Å². The number of rotatable bonds is 1. The summed E-state index contributed by atoms with van der Waals surface area (Å²) in [6, 6.07) is 3.64. The molecule has 0 aliphatic carbocycles. The monoisotopic (exact) mass is 155 g/mol. The molecule has 0 unspecified atom stereocenters. The van der Waals surface area contributed by atoms with E-state index in [-0.39, 0.29) is 0 Å². The zero-order valence-electron chi connectivity index (χ0n) is 6.01. The lowest BCUT2D eigenvalue weighted by Crippen LogP contribution is -1.87. The van der Waals surface area contributed by atoms with Gasteiger partial charge in [-0.2, -0.15) is 0 Å². The molecule has 1 rings (SSSR count). The summed E-state index contributed by atoms with van der Waals surface area (Å²) < 4.78 is 24.8. The Bertz CT molecular complexity index is 281. The predicted octanol–water partition coefficient (Wildman–Crippen LogP) is 2.01. The van der Waals surface area contributed by atoms with Crippen LogP contribution in [0.2, 0.25) is 0 Å². The molecule has 0 bridgehead atoms. The van der Waals surface area contributed by atoms with Crippen LogP contribution in [0.5, 0.6) is 0 Å². The maximum Gasteiger partial charge on any atom is 0.159 e. The van der Waals surface area contributed by atoms with E-state index >= 15 is 0 Å². The highest BCUT2D eigenvalue weighted by Gasteiger charge is 1.99. The SMILES string of the molecule is C/N=C\c1ccc(F)c(F)c1. The Kier molecular flexibility index (Phi) is 2.31. The van der Waals surface area contributed by atoms with Crippen LogP contribution in [0.15, 0.2) is 23.2 Å². The predicted molar refractivity (Wildman–Crippen MR) is 39.9 cm³/mol. The van der Waals surface area contributed by atoms with Crippen LogP contribution in [0.25, 0.3) is 0 Å². The zero-order valence-corrected chi connectivity index (χ0v) is 6.01. The molecule has 11 heavy (non-hydrogen) atoms. The molecule has 0 atom stereocenters. The Labute approximate surface area is 63.4 Å². The van der Waals surface area contributed by atoms with Crippen LogP contribution in [0, 0.1) is 11.6 Å². The van der Waals surface area contributed by atoms with Crippen molar-refractivity contribution >= 4 is 6.21 Å². The number of hydrogen-bond acceptors (Lipinski definition) is 1. The van der Waals surface area contributed by atoms with Crippen molar-refractivity contribution in [2.75, 3.05) is 7.05 Å². The molecule has 1 nitrogen and oxygen atoms in total. The van der Waals surface area contributed by atoms with Gasteiger partial charge in [-0.3, -0.25) is 4.99 Å². The molecular weight excluding hydrogens is 148 g/mol. The van der Waals surface area contributed by atoms with E-state index in [2.05, 4.69) is 4.99 Å². The molecule has 0 aromatic heterocycles. The minimum Gasteiger partial charge on any atom is -0.296 e. The van der Waals surface area contributed by atoms with Gasteiger partial charge in [-0.25, -0.2) is 8.78 Å². The summed E-state index contributed by atoms with van der Waals surface area (Å²) in [5.74, 6) is -1.68. The Balaban J connectivity index is 3.05. The zero-order chi connectivity index (χ0) is 8.27. The van der Waals surface area contributed by atoms with Crippen molar-refractivity contribution < 1.29 is 8.78 Å². The van der Waals surface area contributed by atoms with E-state index in [0.29, 0.717) is 5.56 Å². The number of hydrogen-bond donors (Lipinski definition) is 0. The largest absolute Gasteiger partial charge is 0.296 e. The average molecular weight is 155 g/mol. The molecular formula is C8H7F2N. The number of halogens is 2. The van der Waals surface area contributed by atoms with Crippen LogP contribution < -0.4 is 0 Å². The molecule has 0 amide bonds. The van der Waals surface area contributed by atoms with Gasteiger partial charge >= 0.3 is 0 Å². The molecule has 0 saturated heterocycles. The molecule has 1 aromatic rings. The Hall–Kier alpha value is -1.25. The molecule has 0 spiro atoms. The van der Waals surface area contributed by atoms with E-state index in [0.717, 1.165) is 12.1 Å². The van der Waals surface area contributed by atoms with Crippen molar-refractivity contribution in [3.8, 4) is 0 Å². The van der Waals surface area contributed by atoms with Gasteiger partial charge < -0.3 is 0 Å². The minimum absolute atomic E-state index is 0.561. The molecule has 0 aliphatic rings. The van der Waals surface area contributed by atoms with Crippen molar-refractivity contribution in [1.82, 2.24) is 0 Å². The fourth-order valence-electron chi connectivity index (χ4n) is 0.742. The lowest BCUT2D eigenvalue weighted by atomic mass is 10.2. The van der Waals surface area contributed by atoms with Gasteiger partial charge in [0.25, 0.3) is 0 Å². The first-order chi connectivity index (χ1) is 5.24. The summed E-state index contributed by atoms with van der Waals surface area (Å²) in [6.45, 7) is 0. The van der Waals surface area contributed by atoms with Gasteiger partial charge in [0.05, 0.1) is 0 Å². The summed E-state index contributed by atoms with van der Waals surface area (Å²) in [4.78, 5) is 3.66. The average Bonchev–Trinajstić information content (AvgIpc) is 1.98. The third kappa shape index (κ3) is 1.83. The third-order valence-corrected chi connectivity index (χ3v) is 1.22. The van der Waals surface area contributed by atoms with Crippen molar-refractivity contribution in [3.05, 3.63) is 35.4 Å². The van der Waals surface area contributed by atoms with Crippen LogP contribution in [0.1, 0.15) is 5.56 Å². The van der Waals surface area contributed by atoms with Gasteiger partial charge in [-0.15, -0.1) is 0 Å². The fraction of sp³-hybridized carbons (Fsp3) is 0.125. The fourth-order valence-corrected chi connectivity index (χ4v) is 0.742. The second kappa shape index (κ2) is 3.23. The molecule has 3 heteroatoms. The van der Waals surface area contributed by atoms with Gasteiger partial charge in [0.15, 0.2) is 11.6 Å². The molecule has 58 valence electrons. The van der Waals surface area contributed by atoms with Gasteiger partial charge in [-0.05, 0) is 17.7 Å². The Morgan fingerprint density at radius 3 is 2.55 bits per heavy atom. The molecule has 0 heterocycles. The number of aliphatic imine (C=N–C) groups is 1. The lowest BCUT2D eigenvalue weighted by Gasteiger charge is -1.93. The van der Waals surface area contributed by atoms with E-state index in [9.17, 15) is 8.78 Å². The Morgan fingerprint density at radius 1 is 1.27 bits per heavy atom. The third-order valence-electron chi connectivity index (χ3n) is 1.22. The first-order valence-electron chi connectivity index (χ1n) is 3.11. The van der Waals surface area contributed by atoms with Crippen molar-refractivity contribution in [1.29, 1.82) is 0 Å². The standard InChI is InChI=1S/C8H7F2N/c1-11-5-6-2-3-7(9)8(10)4-6/h2-5H,1H3/b11-5-. The smallest absolute Gasteiger partial charge is 0.159 e. The molecule has 0 aliphatic heterocycles. The van der Waals surface area contributed by atoms with Gasteiger partial charge in [-0.1, -0.05) is 6.07 Å². The molecule has 0 fully saturated rings. The van der Waals surface area contributed by atoms with Gasteiger partial charge in [0, 0.05) is 13.3 Å². The van der Waals surface area contributed by atoms with Crippen LogP contribution in [0.4, 0.5) is 8.78 Å². The van der Waals surface area contributed by atoms with Crippen molar-refractivity contribution in [2.45, 2.75) is 0 Å². The maximum absolute atomic E-state index is 12.5. The maximum atomic E-state index is 12.5. The van der Waals surface area contributed by atoms with E-state index in [1.807, 2.05) is 0 Å². The highest BCUT2D eigenvalue weighted by molar-refractivity contribution is 5.79. The first kappa shape index (κ1) is 7.85. The van der Waals surface area contributed by atoms with Crippen molar-refractivity contribution in [3.63, 3.8) is 0 Å². The summed E-state index contributed by atoms with van der Waals surface area (Å²) in [7, 11) is 1.57. The lowest BCUT2D eigenvalue weighted by molar-refractivity contribution is 0.508. The minimum atomic E-state index is -0.845. The van der Waals surface area contributed by atoms with Crippen LogP contribution in [-0.2, 0) is 0 Å². The summed E-state index contributed by atoms with van der Waals surface area (Å²) in [5, 5.41) is 0. The molecule has 0 radical (unpaired) electrons.